The molecule has 2 N–H and O–H groups in total. The van der Waals surface area contributed by atoms with Crippen LogP contribution in [-0.4, -0.2) is 22.0 Å². The first-order valence-corrected chi connectivity index (χ1v) is 7.35. The van der Waals surface area contributed by atoms with Crippen LogP contribution < -0.4 is 10.6 Å². The van der Waals surface area contributed by atoms with Crippen molar-refractivity contribution in [2.75, 3.05) is 17.7 Å². The van der Waals surface area contributed by atoms with Crippen LogP contribution >= 0.6 is 27.5 Å². The van der Waals surface area contributed by atoms with Crippen LogP contribution in [0.5, 0.6) is 0 Å². The first-order chi connectivity index (χ1) is 10.2. The van der Waals surface area contributed by atoms with Gasteiger partial charge in [0, 0.05) is 22.6 Å². The van der Waals surface area contributed by atoms with E-state index >= 15 is 0 Å². The van der Waals surface area contributed by atoms with Gasteiger partial charge in [-0.3, -0.25) is 0 Å². The predicted octanol–water partition coefficient (Wildman–Crippen LogP) is 4.23. The second-order valence-electron chi connectivity index (χ2n) is 4.31. The van der Waals surface area contributed by atoms with Gasteiger partial charge in [0.1, 0.15) is 18.0 Å². The maximum absolute atomic E-state index is 6.00. The third-order valence-corrected chi connectivity index (χ3v) is 4.17. The third-order valence-electron chi connectivity index (χ3n) is 2.96. The van der Waals surface area contributed by atoms with Gasteiger partial charge in [0.05, 0.1) is 16.7 Å². The van der Waals surface area contributed by atoms with Crippen molar-refractivity contribution in [3.8, 4) is 0 Å². The molecule has 0 atom stereocenters. The summed E-state index contributed by atoms with van der Waals surface area (Å²) in [5, 5.41) is 7.83. The summed E-state index contributed by atoms with van der Waals surface area (Å²) < 4.78 is 0.824. The number of fused-ring (bicyclic) bond motifs is 1. The minimum Gasteiger partial charge on any atom is -0.373 e. The van der Waals surface area contributed by atoms with Gasteiger partial charge >= 0.3 is 0 Å². The van der Waals surface area contributed by atoms with Crippen molar-refractivity contribution in [2.45, 2.75) is 0 Å². The second kappa shape index (κ2) is 5.83. The molecular formula is C14H11BrClN5. The highest BCUT2D eigenvalue weighted by Crippen LogP contribution is 2.29. The first kappa shape index (κ1) is 14.0. The Morgan fingerprint density at radius 2 is 2.00 bits per heavy atom. The molecule has 0 saturated heterocycles. The third kappa shape index (κ3) is 2.91. The molecule has 0 radical (unpaired) electrons. The Labute approximate surface area is 134 Å². The van der Waals surface area contributed by atoms with E-state index in [1.165, 1.54) is 6.33 Å². The molecule has 0 spiro atoms. The number of nitrogens with zero attached hydrogens (tertiary/aromatic N) is 3. The lowest BCUT2D eigenvalue weighted by molar-refractivity contribution is 1.20. The summed E-state index contributed by atoms with van der Waals surface area (Å²) in [5.41, 5.74) is 1.66. The Morgan fingerprint density at radius 3 is 2.76 bits per heavy atom. The van der Waals surface area contributed by atoms with Crippen molar-refractivity contribution in [3.63, 3.8) is 0 Å². The van der Waals surface area contributed by atoms with Crippen LogP contribution in [0.2, 0.25) is 5.02 Å². The molecule has 7 heteroatoms. The van der Waals surface area contributed by atoms with Gasteiger partial charge in [-0.2, -0.15) is 0 Å². The maximum atomic E-state index is 6.00. The van der Waals surface area contributed by atoms with Crippen molar-refractivity contribution in [1.82, 2.24) is 15.0 Å². The van der Waals surface area contributed by atoms with E-state index in [9.17, 15) is 0 Å². The van der Waals surface area contributed by atoms with E-state index in [-0.39, 0.29) is 0 Å². The smallest absolute Gasteiger partial charge is 0.141 e. The van der Waals surface area contributed by atoms with E-state index in [0.29, 0.717) is 10.8 Å². The normalized spacial score (nSPS) is 10.6. The van der Waals surface area contributed by atoms with Gasteiger partial charge in [-0.1, -0.05) is 11.6 Å². The van der Waals surface area contributed by atoms with E-state index in [1.807, 2.05) is 31.3 Å². The second-order valence-corrected chi connectivity index (χ2v) is 5.57. The fourth-order valence-corrected chi connectivity index (χ4v) is 2.40. The summed E-state index contributed by atoms with van der Waals surface area (Å²) in [6.45, 7) is 0. The van der Waals surface area contributed by atoms with Crippen LogP contribution in [0.4, 0.5) is 17.3 Å². The number of anilines is 3. The molecule has 3 rings (SSSR count). The van der Waals surface area contributed by atoms with Crippen LogP contribution in [-0.2, 0) is 0 Å². The van der Waals surface area contributed by atoms with Crippen molar-refractivity contribution < 1.29 is 0 Å². The molecule has 0 unspecified atom stereocenters. The fourth-order valence-electron chi connectivity index (χ4n) is 1.91. The van der Waals surface area contributed by atoms with Crippen LogP contribution in [0.1, 0.15) is 0 Å². The standard InChI is InChI=1S/C14H11BrClN5/c1-17-13-5-9-12(6-18-13)19-7-20-14(9)21-8-2-3-11(16)10(15)4-8/h2-7H,1H3,(H,17,18)(H,19,20,21). The van der Waals surface area contributed by atoms with Crippen molar-refractivity contribution in [3.05, 3.63) is 46.3 Å². The quantitative estimate of drug-likeness (QED) is 0.728. The summed E-state index contributed by atoms with van der Waals surface area (Å²) in [7, 11) is 1.82. The summed E-state index contributed by atoms with van der Waals surface area (Å²) in [5.74, 6) is 1.48. The molecule has 2 aromatic heterocycles. The van der Waals surface area contributed by atoms with Crippen molar-refractivity contribution in [2.24, 2.45) is 0 Å². The van der Waals surface area contributed by atoms with Gasteiger partial charge in [-0.25, -0.2) is 15.0 Å². The minimum atomic E-state index is 0.662. The molecule has 0 aliphatic carbocycles. The van der Waals surface area contributed by atoms with Gasteiger partial charge in [-0.15, -0.1) is 0 Å². The molecule has 106 valence electrons. The predicted molar refractivity (Wildman–Crippen MR) is 89.3 cm³/mol. The van der Waals surface area contributed by atoms with E-state index in [2.05, 4.69) is 41.5 Å². The van der Waals surface area contributed by atoms with Gasteiger partial charge in [0.15, 0.2) is 0 Å². The lowest BCUT2D eigenvalue weighted by atomic mass is 10.2. The fraction of sp³-hybridized carbons (Fsp3) is 0.0714. The SMILES string of the molecule is CNc1cc2c(Nc3ccc(Cl)c(Br)c3)ncnc2cn1. The van der Waals surface area contributed by atoms with Crippen LogP contribution in [0.3, 0.4) is 0 Å². The monoisotopic (exact) mass is 363 g/mol. The summed E-state index contributed by atoms with van der Waals surface area (Å²) in [6.07, 6.45) is 3.22. The summed E-state index contributed by atoms with van der Waals surface area (Å²) in [6, 6.07) is 7.51. The topological polar surface area (TPSA) is 62.7 Å². The van der Waals surface area contributed by atoms with Crippen molar-refractivity contribution in [1.29, 1.82) is 0 Å². The Kier molecular flexibility index (Phi) is 3.90. The molecule has 0 aliphatic rings. The Balaban J connectivity index is 2.05. The highest BCUT2D eigenvalue weighted by Gasteiger charge is 2.07. The Hall–Kier alpha value is -1.92. The Bertz CT molecular complexity index is 808. The molecule has 2 heterocycles. The average molecular weight is 365 g/mol. The average Bonchev–Trinajstić information content (AvgIpc) is 2.51. The zero-order valence-corrected chi connectivity index (χ0v) is 13.4. The van der Waals surface area contributed by atoms with E-state index < -0.39 is 0 Å². The van der Waals surface area contributed by atoms with Gasteiger partial charge in [-0.05, 0) is 40.2 Å². The number of hydrogen-bond donors (Lipinski definition) is 2. The van der Waals surface area contributed by atoms with Crippen molar-refractivity contribution >= 4 is 55.8 Å². The summed E-state index contributed by atoms with van der Waals surface area (Å²) in [4.78, 5) is 12.8. The van der Waals surface area contributed by atoms with E-state index in [0.717, 1.165) is 26.9 Å². The van der Waals surface area contributed by atoms with Crippen LogP contribution in [0, 0.1) is 0 Å². The molecular weight excluding hydrogens is 354 g/mol. The molecule has 21 heavy (non-hydrogen) atoms. The molecule has 3 aromatic rings. The molecule has 0 saturated carbocycles. The molecule has 0 aliphatic heterocycles. The number of aromatic nitrogens is 3. The van der Waals surface area contributed by atoms with E-state index in [4.69, 9.17) is 11.6 Å². The number of halogens is 2. The first-order valence-electron chi connectivity index (χ1n) is 6.18. The highest BCUT2D eigenvalue weighted by molar-refractivity contribution is 9.10. The molecule has 0 amide bonds. The maximum Gasteiger partial charge on any atom is 0.141 e. The largest absolute Gasteiger partial charge is 0.373 e. The minimum absolute atomic E-state index is 0.662. The Morgan fingerprint density at radius 1 is 1.14 bits per heavy atom. The van der Waals surface area contributed by atoms with Gasteiger partial charge in [0.25, 0.3) is 0 Å². The van der Waals surface area contributed by atoms with Gasteiger partial charge in [0.2, 0.25) is 0 Å². The zero-order chi connectivity index (χ0) is 14.8. The van der Waals surface area contributed by atoms with Crippen LogP contribution in [0.25, 0.3) is 10.9 Å². The van der Waals surface area contributed by atoms with Crippen LogP contribution in [0.15, 0.2) is 41.3 Å². The lowest BCUT2D eigenvalue weighted by Crippen LogP contribution is -1.98. The number of hydrogen-bond acceptors (Lipinski definition) is 5. The molecule has 1 aromatic carbocycles. The molecule has 5 nitrogen and oxygen atoms in total. The molecule has 0 fully saturated rings. The highest BCUT2D eigenvalue weighted by atomic mass is 79.9. The number of benzene rings is 1. The number of rotatable bonds is 3. The number of nitrogens with one attached hydrogen (secondary N) is 2. The van der Waals surface area contributed by atoms with E-state index in [1.54, 1.807) is 6.20 Å². The zero-order valence-electron chi connectivity index (χ0n) is 11.1. The van der Waals surface area contributed by atoms with Gasteiger partial charge < -0.3 is 10.6 Å². The lowest BCUT2D eigenvalue weighted by Gasteiger charge is -2.10. The number of pyridine rings is 1. The summed E-state index contributed by atoms with van der Waals surface area (Å²) >= 11 is 9.41. The molecule has 0 bridgehead atoms.